The van der Waals surface area contributed by atoms with E-state index in [0.29, 0.717) is 15.5 Å². The summed E-state index contributed by atoms with van der Waals surface area (Å²) >= 11 is 3.13. The van der Waals surface area contributed by atoms with Crippen molar-refractivity contribution in [3.05, 3.63) is 28.1 Å². The van der Waals surface area contributed by atoms with Crippen molar-refractivity contribution in [2.24, 2.45) is 0 Å². The summed E-state index contributed by atoms with van der Waals surface area (Å²) in [5.74, 6) is -2.07. The highest BCUT2D eigenvalue weighted by molar-refractivity contribution is 9.10. The molecule has 0 amide bonds. The molecule has 72 valence electrons. The lowest BCUT2D eigenvalue weighted by atomic mass is 10.1. The van der Waals surface area contributed by atoms with Crippen LogP contribution in [0.1, 0.15) is 10.4 Å². The summed E-state index contributed by atoms with van der Waals surface area (Å²) in [5.41, 5.74) is 0.0344. The van der Waals surface area contributed by atoms with E-state index >= 15 is 0 Å². The van der Waals surface area contributed by atoms with Crippen LogP contribution in [0.5, 0.6) is 0 Å². The standard InChI is InChI=1S/C8H4BrFN2O2/c9-7-4-1-5(10)3(8(13)14)2-6(4)11-12-7/h1-2H,(H,11,12)(H,13,14). The highest BCUT2D eigenvalue weighted by Gasteiger charge is 2.14. The van der Waals surface area contributed by atoms with Gasteiger partial charge in [0.2, 0.25) is 0 Å². The van der Waals surface area contributed by atoms with Crippen molar-refractivity contribution in [3.63, 3.8) is 0 Å². The summed E-state index contributed by atoms with van der Waals surface area (Å²) in [6.45, 7) is 0. The molecule has 2 rings (SSSR count). The van der Waals surface area contributed by atoms with Crippen LogP contribution >= 0.6 is 15.9 Å². The Balaban J connectivity index is 2.79. The van der Waals surface area contributed by atoms with Gasteiger partial charge in [-0.15, -0.1) is 0 Å². The molecule has 0 radical (unpaired) electrons. The molecule has 0 unspecified atom stereocenters. The van der Waals surface area contributed by atoms with E-state index in [0.717, 1.165) is 6.07 Å². The maximum Gasteiger partial charge on any atom is 0.338 e. The zero-order valence-corrected chi connectivity index (χ0v) is 8.30. The van der Waals surface area contributed by atoms with E-state index < -0.39 is 11.8 Å². The number of aromatic amines is 1. The summed E-state index contributed by atoms with van der Waals surface area (Å²) in [6, 6.07) is 2.32. The van der Waals surface area contributed by atoms with Gasteiger partial charge in [0.05, 0.1) is 11.1 Å². The Morgan fingerprint density at radius 3 is 2.93 bits per heavy atom. The summed E-state index contributed by atoms with van der Waals surface area (Å²) in [7, 11) is 0. The third-order valence-electron chi connectivity index (χ3n) is 1.83. The number of carbonyl (C=O) groups is 1. The number of hydrogen-bond donors (Lipinski definition) is 2. The molecule has 0 saturated carbocycles. The number of carboxylic acid groups (broad SMARTS) is 1. The molecule has 0 aliphatic carbocycles. The minimum Gasteiger partial charge on any atom is -0.478 e. The van der Waals surface area contributed by atoms with Gasteiger partial charge in [0.25, 0.3) is 0 Å². The van der Waals surface area contributed by atoms with E-state index in [-0.39, 0.29) is 5.56 Å². The first-order chi connectivity index (χ1) is 6.59. The highest BCUT2D eigenvalue weighted by Crippen LogP contribution is 2.23. The van der Waals surface area contributed by atoms with E-state index in [1.807, 2.05) is 0 Å². The number of halogens is 2. The molecular formula is C8H4BrFN2O2. The fourth-order valence-electron chi connectivity index (χ4n) is 1.16. The number of carboxylic acids is 1. The van der Waals surface area contributed by atoms with Gasteiger partial charge < -0.3 is 5.11 Å². The van der Waals surface area contributed by atoms with E-state index in [4.69, 9.17) is 5.11 Å². The van der Waals surface area contributed by atoms with Crippen molar-refractivity contribution in [1.29, 1.82) is 0 Å². The lowest BCUT2D eigenvalue weighted by Crippen LogP contribution is -1.99. The van der Waals surface area contributed by atoms with Crippen molar-refractivity contribution in [1.82, 2.24) is 10.2 Å². The van der Waals surface area contributed by atoms with Crippen molar-refractivity contribution >= 4 is 32.8 Å². The molecule has 1 heterocycles. The van der Waals surface area contributed by atoms with Crippen LogP contribution < -0.4 is 0 Å². The van der Waals surface area contributed by atoms with Crippen LogP contribution in [0.3, 0.4) is 0 Å². The molecule has 0 aliphatic heterocycles. The topological polar surface area (TPSA) is 66.0 Å². The highest BCUT2D eigenvalue weighted by atomic mass is 79.9. The van der Waals surface area contributed by atoms with E-state index in [9.17, 15) is 9.18 Å². The minimum atomic E-state index is -1.30. The molecule has 0 saturated heterocycles. The Kier molecular flexibility index (Phi) is 1.99. The molecule has 0 atom stereocenters. The molecule has 4 nitrogen and oxygen atoms in total. The molecule has 6 heteroatoms. The SMILES string of the molecule is O=C(O)c1cc2n[nH]c(Br)c2cc1F. The molecule has 0 aliphatic rings. The zero-order chi connectivity index (χ0) is 10.3. The fraction of sp³-hybridized carbons (Fsp3) is 0. The Morgan fingerprint density at radius 2 is 2.29 bits per heavy atom. The van der Waals surface area contributed by atoms with Crippen LogP contribution in [0.2, 0.25) is 0 Å². The first-order valence-corrected chi connectivity index (χ1v) is 4.45. The Morgan fingerprint density at radius 1 is 1.57 bits per heavy atom. The number of H-pyrrole nitrogens is 1. The molecule has 1 aromatic heterocycles. The van der Waals surface area contributed by atoms with Crippen molar-refractivity contribution in [2.75, 3.05) is 0 Å². The molecule has 2 aromatic rings. The molecule has 0 bridgehead atoms. The van der Waals surface area contributed by atoms with Gasteiger partial charge >= 0.3 is 5.97 Å². The van der Waals surface area contributed by atoms with Gasteiger partial charge in [-0.25, -0.2) is 9.18 Å². The molecule has 14 heavy (non-hydrogen) atoms. The van der Waals surface area contributed by atoms with Crippen LogP contribution in [0.25, 0.3) is 10.9 Å². The maximum absolute atomic E-state index is 13.2. The van der Waals surface area contributed by atoms with Crippen molar-refractivity contribution < 1.29 is 14.3 Å². The second kappa shape index (κ2) is 3.06. The second-order valence-corrected chi connectivity index (χ2v) is 3.48. The summed E-state index contributed by atoms with van der Waals surface area (Å²) in [6.07, 6.45) is 0. The predicted molar refractivity (Wildman–Crippen MR) is 50.7 cm³/mol. The molecule has 2 N–H and O–H groups in total. The van der Waals surface area contributed by atoms with Gasteiger partial charge in [0.15, 0.2) is 0 Å². The lowest BCUT2D eigenvalue weighted by Gasteiger charge is -1.96. The molecule has 0 fully saturated rings. The van der Waals surface area contributed by atoms with Crippen molar-refractivity contribution in [2.45, 2.75) is 0 Å². The lowest BCUT2D eigenvalue weighted by molar-refractivity contribution is 0.0692. The second-order valence-electron chi connectivity index (χ2n) is 2.69. The summed E-state index contributed by atoms with van der Waals surface area (Å²) in [4.78, 5) is 10.6. The van der Waals surface area contributed by atoms with E-state index in [1.165, 1.54) is 6.07 Å². The van der Waals surface area contributed by atoms with Gasteiger partial charge in [0.1, 0.15) is 10.4 Å². The van der Waals surface area contributed by atoms with Gasteiger partial charge in [0, 0.05) is 5.39 Å². The third-order valence-corrected chi connectivity index (χ3v) is 2.43. The van der Waals surface area contributed by atoms with Crippen LogP contribution in [-0.4, -0.2) is 21.3 Å². The Hall–Kier alpha value is -1.43. The quantitative estimate of drug-likeness (QED) is 0.824. The van der Waals surface area contributed by atoms with Gasteiger partial charge in [-0.3, -0.25) is 5.10 Å². The molecular weight excluding hydrogens is 255 g/mol. The number of aromatic carboxylic acids is 1. The van der Waals surface area contributed by atoms with Crippen LogP contribution in [0.15, 0.2) is 16.7 Å². The zero-order valence-electron chi connectivity index (χ0n) is 6.71. The first-order valence-electron chi connectivity index (χ1n) is 3.66. The molecule has 1 aromatic carbocycles. The monoisotopic (exact) mass is 258 g/mol. The Labute approximate surface area is 85.9 Å². The number of hydrogen-bond acceptors (Lipinski definition) is 2. The van der Waals surface area contributed by atoms with Crippen LogP contribution in [0, 0.1) is 5.82 Å². The van der Waals surface area contributed by atoms with Crippen LogP contribution in [0.4, 0.5) is 4.39 Å². The summed E-state index contributed by atoms with van der Waals surface area (Å²) < 4.78 is 13.7. The average Bonchev–Trinajstić information content (AvgIpc) is 2.46. The van der Waals surface area contributed by atoms with E-state index in [2.05, 4.69) is 26.1 Å². The number of aromatic nitrogens is 2. The minimum absolute atomic E-state index is 0.378. The smallest absolute Gasteiger partial charge is 0.338 e. The van der Waals surface area contributed by atoms with Gasteiger partial charge in [-0.05, 0) is 28.1 Å². The Bertz CT molecular complexity index is 523. The van der Waals surface area contributed by atoms with Crippen LogP contribution in [-0.2, 0) is 0 Å². The van der Waals surface area contributed by atoms with Gasteiger partial charge in [-0.1, -0.05) is 0 Å². The maximum atomic E-state index is 13.2. The number of rotatable bonds is 1. The third kappa shape index (κ3) is 1.27. The average molecular weight is 259 g/mol. The number of benzene rings is 1. The largest absolute Gasteiger partial charge is 0.478 e. The summed E-state index contributed by atoms with van der Waals surface area (Å²) in [5, 5.41) is 15.5. The van der Waals surface area contributed by atoms with Crippen molar-refractivity contribution in [3.8, 4) is 0 Å². The fourth-order valence-corrected chi connectivity index (χ4v) is 1.57. The number of fused-ring (bicyclic) bond motifs is 1. The predicted octanol–water partition coefficient (Wildman–Crippen LogP) is 2.16. The van der Waals surface area contributed by atoms with Gasteiger partial charge in [-0.2, -0.15) is 5.10 Å². The number of nitrogens with one attached hydrogen (secondary N) is 1. The number of nitrogens with zero attached hydrogens (tertiary/aromatic N) is 1. The first kappa shape index (κ1) is 9.14. The normalized spacial score (nSPS) is 10.7. The van der Waals surface area contributed by atoms with E-state index in [1.54, 1.807) is 0 Å². The molecule has 0 spiro atoms.